The largest absolute Gasteiger partial charge is 0.523 e. The summed E-state index contributed by atoms with van der Waals surface area (Å²) >= 11 is 0. The fraction of sp³-hybridized carbons (Fsp3) is 0.355. The van der Waals surface area contributed by atoms with Gasteiger partial charge in [0.05, 0.1) is 92.9 Å². The summed E-state index contributed by atoms with van der Waals surface area (Å²) in [4.78, 5) is 88.4. The lowest BCUT2D eigenvalue weighted by atomic mass is 9.55. The first-order chi connectivity index (χ1) is 79.6. The topological polar surface area (TPSA) is 253 Å². The van der Waals surface area contributed by atoms with Crippen molar-refractivity contribution in [1.82, 2.24) is 65.0 Å². The van der Waals surface area contributed by atoms with E-state index in [1.807, 2.05) is 65.8 Å². The summed E-state index contributed by atoms with van der Waals surface area (Å²) in [7, 11) is 1.55. The molecule has 0 radical (unpaired) electrons. The normalized spacial score (nSPS) is 24.7. The van der Waals surface area contributed by atoms with Gasteiger partial charge >= 0.3 is 24.7 Å². The molecule has 142 heavy (non-hydrogen) atoms. The van der Waals surface area contributed by atoms with Crippen LogP contribution in [0.5, 0.6) is 0 Å². The summed E-state index contributed by atoms with van der Waals surface area (Å²) in [5, 5.41) is 14.7. The first kappa shape index (κ1) is 84.6. The van der Waals surface area contributed by atoms with Crippen LogP contribution in [-0.4, -0.2) is 94.9 Å². The number of aliphatic hydroxyl groups is 1. The standard InChI is InChI=1S/2C27H23F3N4O.C27H21F3N4O.C27H26F3N3O2.C2H6.12H2/c1-15-21-8-7-20-22(16-3-5-19(6-4-16)27(28,29)30)33-25(17-9-11-31-12-10-17)34-24(20)26(21,2)13-18-14-32-35-23(15)18;2*1-15-20-9-8-19-22(16-4-6-18(7-5-16)27(28,29)30)33-25(17-10-12-32-13-11-17)34-24(19)26(20,2)14-21(31-3)23(15)35;1-15-20-9-8-19-22(16-4-6-18(7-5-16)27(28,29)30)32-25(17-10-12-31-13-11-17)33-24(19)26(20,2)14-21(35-3)23(15)34;1-2;;;;;;;;;;;;/h3-6,9-12,14-15,21H,7-8,13H2,1-2H3;4-7,10-13,15,20,35H,8-9,14H2,1-2H3;4-7,10-15,20H,8-9H2,1-2H3;4-7,10-13,15,20-21H,8-9,14H2,1-3H3;1-2H3;12*1H/t15-,21-,26-;2*15-,20-,26-;15-,20-,21?,26-;;;;;;;;;;;;;/m1111............./s1/i;;;;;12*1+2T. The molecule has 0 aliphatic heterocycles. The van der Waals surface area contributed by atoms with Gasteiger partial charge in [-0.15, -0.1) is 0 Å². The van der Waals surface area contributed by atoms with Crippen LogP contribution in [0.3, 0.4) is 0 Å². The molecule has 0 spiro atoms. The van der Waals surface area contributed by atoms with Crippen molar-refractivity contribution in [1.29, 1.82) is 0 Å². The minimum Gasteiger partial charge on any atom is -0.523 e. The predicted molar refractivity (Wildman–Crippen MR) is 533 cm³/mol. The molecule has 20 nitrogen and oxygen atoms in total. The van der Waals surface area contributed by atoms with E-state index < -0.39 is 69.3 Å². The summed E-state index contributed by atoms with van der Waals surface area (Å²) in [5.41, 5.74) is 11.7. The van der Waals surface area contributed by atoms with Crippen LogP contribution in [-0.2, 0) is 92.8 Å². The zero-order valence-electron chi connectivity index (χ0n) is 103. The molecule has 4 aromatic carbocycles. The van der Waals surface area contributed by atoms with Crippen molar-refractivity contribution in [2.24, 2.45) is 41.4 Å². The summed E-state index contributed by atoms with van der Waals surface area (Å²) < 4.78 is 289. The van der Waals surface area contributed by atoms with Gasteiger partial charge in [0.15, 0.2) is 34.9 Å². The van der Waals surface area contributed by atoms with Gasteiger partial charge < -0.3 is 19.2 Å². The van der Waals surface area contributed by atoms with Crippen molar-refractivity contribution >= 4 is 11.6 Å². The van der Waals surface area contributed by atoms with Crippen LogP contribution in [0.1, 0.15) is 228 Å². The maximum absolute atomic E-state index is 13.2. The van der Waals surface area contributed by atoms with Gasteiger partial charge in [-0.05, 0) is 191 Å². The van der Waals surface area contributed by atoms with Crippen molar-refractivity contribution < 1.29 is 112 Å². The highest BCUT2D eigenvalue weighted by Crippen LogP contribution is 2.59. The third-order valence-corrected chi connectivity index (χ3v) is 30.2. The SMILES string of the molecule is CC.COC1C[C@@]2(C)c3nc(-c4ccncc4)nc(-c4ccc(C(F)(F)F)cc4)c3CC[C@@H]2[C@@H](C)C1=O.C[C@H]1c2oncc2C[C@@]2(C)c3nc(-c4ccncc4)nc(-c4ccc(C(F)(F)F)cc4)c3CC[C@H]12.[3H][3H].[3H][3H].[3H][3H].[3H][3H].[3H][3H].[3H][3H].[3H][3H].[3H][3H].[3H][3H].[3H][3H].[3H][3H].[3H][3H].[C-]#[N+]C1=C(O)[C@H](C)[C@H]2CCc3c(-c4ccc(C(F)(F)F)cc4)nc(-c4ccncc4)nc3[C@]2(C)C1.[C-]#[N+]C1=C[C@@]2(C)c3nc(-c4ccncc4)nc(-c4ccc(C(F)(F)F)cc4)c3CC[C@@H]2[C@@H](C)C1=O. The highest BCUT2D eigenvalue weighted by molar-refractivity contribution is 6.00. The van der Waals surface area contributed by atoms with Gasteiger partial charge in [-0.25, -0.2) is 49.6 Å². The summed E-state index contributed by atoms with van der Waals surface area (Å²) in [6.45, 7) is 35.5. The molecular weight excluding hydrogens is 1840 g/mol. The fourth-order valence-corrected chi connectivity index (χ4v) is 23.1. The molecular formula is C110H123F12N15O5. The number of halogens is 12. The second kappa shape index (κ2) is 38.6. The van der Waals surface area contributed by atoms with Gasteiger partial charge in [-0.2, -0.15) is 52.7 Å². The molecule has 0 saturated heterocycles. The molecule has 9 aromatic heterocycles. The molecule has 32 heteroatoms. The molecule has 21 rings (SSSR count). The number of rotatable bonds is 9. The van der Waals surface area contributed by atoms with Crippen molar-refractivity contribution in [3.05, 3.63) is 326 Å². The number of pyridine rings is 4. The third kappa shape index (κ3) is 18.4. The molecule has 13 aromatic rings. The Hall–Kier alpha value is -14.3. The van der Waals surface area contributed by atoms with E-state index >= 15 is 0 Å². The number of nitrogens with zero attached hydrogens (tertiary/aromatic N) is 15. The zero-order chi connectivity index (χ0) is 125. The molecule has 1 N–H and O–H groups in total. The Morgan fingerprint density at radius 2 is 0.725 bits per heavy atom. The number of ketones is 2. The number of allylic oxidation sites excluding steroid dienone is 4. The average molecular weight is 2010 g/mol. The zero-order valence-corrected chi connectivity index (χ0v) is 79.4. The smallest absolute Gasteiger partial charge is 0.416 e. The van der Waals surface area contributed by atoms with Gasteiger partial charge in [-0.3, -0.25) is 24.7 Å². The Balaban J connectivity index is 0.000000362. The number of carbonyl (C=O) groups is 2. The fourth-order valence-electron chi connectivity index (χ4n) is 23.1. The van der Waals surface area contributed by atoms with E-state index in [-0.39, 0.29) is 69.9 Å². The van der Waals surface area contributed by atoms with Gasteiger partial charge in [0.2, 0.25) is 11.4 Å². The number of hydrogen-bond acceptors (Lipinski definition) is 18. The molecule has 9 heterocycles. The van der Waals surface area contributed by atoms with Gasteiger partial charge in [0.1, 0.15) is 11.9 Å². The van der Waals surface area contributed by atoms with Gasteiger partial charge in [0, 0.05) is 210 Å². The summed E-state index contributed by atoms with van der Waals surface area (Å²) in [6, 6.07) is 34.9. The molecule has 0 bridgehead atoms. The van der Waals surface area contributed by atoms with E-state index in [1.54, 1.807) is 93.2 Å². The van der Waals surface area contributed by atoms with E-state index in [0.717, 1.165) is 154 Å². The number of fused-ring (bicyclic) bond motifs is 13. The van der Waals surface area contributed by atoms with Crippen molar-refractivity contribution in [3.8, 4) is 90.6 Å². The molecule has 13 atom stereocenters. The number of alkyl halides is 12. The quantitative estimate of drug-likeness (QED) is 0.104. The first-order valence-electron chi connectivity index (χ1n) is 59.1. The molecule has 1 fully saturated rings. The highest BCUT2D eigenvalue weighted by atomic mass is 19.4. The lowest BCUT2D eigenvalue weighted by molar-refractivity contribution is -0.143. The van der Waals surface area contributed by atoms with E-state index in [1.165, 1.54) is 48.5 Å². The van der Waals surface area contributed by atoms with Crippen LogP contribution >= 0.6 is 0 Å². The number of benzene rings is 4. The minimum atomic E-state index is -4.43. The number of carbonyl (C=O) groups excluding carboxylic acids is 2. The number of methoxy groups -OCH3 is 1. The van der Waals surface area contributed by atoms with Gasteiger partial charge in [-0.1, -0.05) is 129 Å². The molecule has 8 aliphatic carbocycles. The predicted octanol–water partition coefficient (Wildman–Crippen LogP) is 28.9. The molecule has 1 saturated carbocycles. The Morgan fingerprint density at radius 1 is 0.408 bits per heavy atom. The maximum Gasteiger partial charge on any atom is 0.416 e. The van der Waals surface area contributed by atoms with Gasteiger partial charge in [0.25, 0.3) is 0 Å². The van der Waals surface area contributed by atoms with Crippen molar-refractivity contribution in [2.75, 3.05) is 7.11 Å². The monoisotopic (exact) mass is 2010 g/mol. The van der Waals surface area contributed by atoms with E-state index in [4.69, 9.17) is 97.9 Å². The second-order valence-electron chi connectivity index (χ2n) is 38.3. The van der Waals surface area contributed by atoms with E-state index in [0.29, 0.717) is 124 Å². The van der Waals surface area contributed by atoms with Crippen molar-refractivity contribution in [3.63, 3.8) is 0 Å². The Kier molecular flexibility index (Phi) is 23.0. The van der Waals surface area contributed by atoms with Crippen LogP contribution in [0.25, 0.3) is 100 Å². The summed E-state index contributed by atoms with van der Waals surface area (Å²) in [6.07, 6.45) is 5.90. The molecule has 752 valence electrons. The van der Waals surface area contributed by atoms with Crippen LogP contribution < -0.4 is 0 Å². The maximum atomic E-state index is 13.2. The second-order valence-corrected chi connectivity index (χ2v) is 38.3. The number of hydrogen-bond donors (Lipinski definition) is 1. The first-order valence-corrected chi connectivity index (χ1v) is 47.1. The van der Waals surface area contributed by atoms with Crippen LogP contribution in [0.15, 0.2) is 229 Å². The Labute approximate surface area is 849 Å². The molecule has 1 unspecified atom stereocenters. The van der Waals surface area contributed by atoms with E-state index in [2.05, 4.69) is 62.5 Å². The number of aliphatic hydroxyl groups excluding tert-OH is 1. The van der Waals surface area contributed by atoms with Crippen molar-refractivity contribution in [2.45, 2.75) is 198 Å². The van der Waals surface area contributed by atoms with Crippen LogP contribution in [0, 0.1) is 54.6 Å². The van der Waals surface area contributed by atoms with E-state index in [9.17, 15) is 67.4 Å². The highest BCUT2D eigenvalue weighted by Gasteiger charge is 2.57. The summed E-state index contributed by atoms with van der Waals surface area (Å²) in [5.74, 6) is 2.86. The molecule has 8 aliphatic rings. The number of Topliss-reactive ketones (excluding diaryl/α,β-unsaturated/α-hetero) is 2. The Morgan fingerprint density at radius 3 is 1.06 bits per heavy atom. The van der Waals surface area contributed by atoms with Crippen LogP contribution in [0.4, 0.5) is 52.7 Å². The average Bonchev–Trinajstić information content (AvgIpc) is 1.15. The van der Waals surface area contributed by atoms with Crippen LogP contribution in [0.2, 0.25) is 0 Å². The number of aromatic nitrogens is 13. The Bertz CT molecular complexity index is 7200. The lowest BCUT2D eigenvalue weighted by Gasteiger charge is -2.50. The minimum absolute atomic E-state index is 0.0476. The lowest BCUT2D eigenvalue weighted by Crippen LogP contribution is -2.53. The number of ether oxygens (including phenoxy) is 1. The third-order valence-electron chi connectivity index (χ3n) is 30.2. The molecule has 0 amide bonds.